The van der Waals surface area contributed by atoms with Crippen LogP contribution in [0.25, 0.3) is 0 Å². The molecule has 0 fully saturated rings. The van der Waals surface area contributed by atoms with Crippen molar-refractivity contribution in [1.29, 1.82) is 0 Å². The van der Waals surface area contributed by atoms with E-state index in [0.717, 1.165) is 6.07 Å². The second-order valence-electron chi connectivity index (χ2n) is 3.59. The Bertz CT molecular complexity index is 409. The van der Waals surface area contributed by atoms with E-state index in [1.807, 2.05) is 0 Å². The Morgan fingerprint density at radius 1 is 1.05 bits per heavy atom. The SMILES string of the molecule is C=C(Cl)CCc1cc(OC(F)F)cc(OC(F)F)c1. The Kier molecular flexibility index (Phi) is 5.95. The van der Waals surface area contributed by atoms with Crippen molar-refractivity contribution < 1.29 is 27.0 Å². The summed E-state index contributed by atoms with van der Waals surface area (Å²) in [4.78, 5) is 0. The van der Waals surface area contributed by atoms with Gasteiger partial charge in [-0.05, 0) is 30.5 Å². The van der Waals surface area contributed by atoms with Crippen molar-refractivity contribution in [3.63, 3.8) is 0 Å². The van der Waals surface area contributed by atoms with Gasteiger partial charge in [-0.15, -0.1) is 0 Å². The molecule has 0 aliphatic heterocycles. The lowest BCUT2D eigenvalue weighted by Crippen LogP contribution is -2.05. The van der Waals surface area contributed by atoms with E-state index in [2.05, 4.69) is 16.1 Å². The smallest absolute Gasteiger partial charge is 0.387 e. The van der Waals surface area contributed by atoms with E-state index in [1.54, 1.807) is 0 Å². The summed E-state index contributed by atoms with van der Waals surface area (Å²) < 4.78 is 56.8. The van der Waals surface area contributed by atoms with Crippen LogP contribution in [0.1, 0.15) is 12.0 Å². The molecule has 1 aromatic carbocycles. The van der Waals surface area contributed by atoms with Crippen LogP contribution in [0.15, 0.2) is 29.8 Å². The van der Waals surface area contributed by atoms with Gasteiger partial charge in [0.05, 0.1) is 0 Å². The molecule has 0 unspecified atom stereocenters. The van der Waals surface area contributed by atoms with Crippen LogP contribution in [0.3, 0.4) is 0 Å². The fourth-order valence-electron chi connectivity index (χ4n) is 1.40. The highest BCUT2D eigenvalue weighted by Gasteiger charge is 2.11. The van der Waals surface area contributed by atoms with Gasteiger partial charge in [-0.3, -0.25) is 0 Å². The fourth-order valence-corrected chi connectivity index (χ4v) is 1.49. The van der Waals surface area contributed by atoms with Gasteiger partial charge in [-0.2, -0.15) is 17.6 Å². The van der Waals surface area contributed by atoms with Crippen LogP contribution in [0.4, 0.5) is 17.6 Å². The summed E-state index contributed by atoms with van der Waals surface area (Å²) in [7, 11) is 0. The normalized spacial score (nSPS) is 10.9. The highest BCUT2D eigenvalue weighted by atomic mass is 35.5. The van der Waals surface area contributed by atoms with Gasteiger partial charge in [0.2, 0.25) is 0 Å². The van der Waals surface area contributed by atoms with Crippen LogP contribution in [0.5, 0.6) is 11.5 Å². The van der Waals surface area contributed by atoms with E-state index in [9.17, 15) is 17.6 Å². The molecule has 0 radical (unpaired) electrons. The maximum absolute atomic E-state index is 12.1. The third kappa shape index (κ3) is 6.33. The first-order chi connectivity index (χ1) is 8.86. The van der Waals surface area contributed by atoms with Crippen LogP contribution in [0.2, 0.25) is 0 Å². The summed E-state index contributed by atoms with van der Waals surface area (Å²) in [5.41, 5.74) is 0.482. The zero-order valence-electron chi connectivity index (χ0n) is 9.71. The molecular weight excluding hydrogens is 288 g/mol. The molecule has 106 valence electrons. The summed E-state index contributed by atoms with van der Waals surface area (Å²) in [5.74, 6) is -0.494. The molecule has 0 bridgehead atoms. The molecule has 1 rings (SSSR count). The molecule has 0 amide bonds. The minimum atomic E-state index is -3.04. The predicted octanol–water partition coefficient (Wildman–Crippen LogP) is 4.57. The second kappa shape index (κ2) is 7.23. The lowest BCUT2D eigenvalue weighted by molar-refractivity contribution is -0.0543. The first-order valence-electron chi connectivity index (χ1n) is 5.23. The molecule has 0 N–H and O–H groups in total. The Hall–Kier alpha value is -1.43. The number of rotatable bonds is 7. The molecule has 1 aromatic rings. The summed E-state index contributed by atoms with van der Waals surface area (Å²) >= 11 is 5.58. The molecule has 0 saturated heterocycles. The lowest BCUT2D eigenvalue weighted by Gasteiger charge is -2.11. The first-order valence-corrected chi connectivity index (χ1v) is 5.61. The monoisotopic (exact) mass is 298 g/mol. The summed E-state index contributed by atoms with van der Waals surface area (Å²) in [6, 6.07) is 3.59. The Morgan fingerprint density at radius 2 is 1.53 bits per heavy atom. The fraction of sp³-hybridized carbons (Fsp3) is 0.333. The summed E-state index contributed by atoms with van der Waals surface area (Å²) in [5, 5.41) is 0.372. The van der Waals surface area contributed by atoms with Gasteiger partial charge < -0.3 is 9.47 Å². The van der Waals surface area contributed by atoms with Crippen LogP contribution in [-0.4, -0.2) is 13.2 Å². The van der Waals surface area contributed by atoms with E-state index in [4.69, 9.17) is 11.6 Å². The lowest BCUT2D eigenvalue weighted by atomic mass is 10.1. The molecule has 0 aliphatic carbocycles. The molecule has 0 aromatic heterocycles. The summed E-state index contributed by atoms with van der Waals surface area (Å²) in [6.45, 7) is -2.61. The average Bonchev–Trinajstić information content (AvgIpc) is 2.24. The van der Waals surface area contributed by atoms with E-state index >= 15 is 0 Å². The number of benzene rings is 1. The van der Waals surface area contributed by atoms with Gasteiger partial charge in [0.1, 0.15) is 11.5 Å². The van der Waals surface area contributed by atoms with E-state index in [0.29, 0.717) is 23.4 Å². The Labute approximate surface area is 112 Å². The molecule has 0 spiro atoms. The average molecular weight is 299 g/mol. The van der Waals surface area contributed by atoms with Crippen LogP contribution in [-0.2, 0) is 6.42 Å². The number of halogens is 5. The molecule has 0 aliphatic rings. The minimum absolute atomic E-state index is 0.247. The summed E-state index contributed by atoms with van der Waals surface area (Å²) in [6.07, 6.45) is 0.732. The molecule has 2 nitrogen and oxygen atoms in total. The number of allylic oxidation sites excluding steroid dienone is 1. The highest BCUT2D eigenvalue weighted by Crippen LogP contribution is 2.27. The van der Waals surface area contributed by atoms with Crippen LogP contribution >= 0.6 is 11.6 Å². The van der Waals surface area contributed by atoms with Crippen molar-refractivity contribution in [2.24, 2.45) is 0 Å². The number of hydrogen-bond acceptors (Lipinski definition) is 2. The Balaban J connectivity index is 2.91. The van der Waals surface area contributed by atoms with Gasteiger partial charge in [0.15, 0.2) is 0 Å². The number of alkyl halides is 4. The van der Waals surface area contributed by atoms with Gasteiger partial charge in [0.25, 0.3) is 0 Å². The number of aryl methyl sites for hydroxylation is 1. The zero-order chi connectivity index (χ0) is 14.4. The standard InChI is InChI=1S/C12H11ClF4O2/c1-7(13)2-3-8-4-9(18-11(14)15)6-10(5-8)19-12(16)17/h4-6,11-12H,1-3H2. The van der Waals surface area contributed by atoms with Crippen LogP contribution in [0, 0.1) is 0 Å². The van der Waals surface area contributed by atoms with E-state index in [1.165, 1.54) is 12.1 Å². The van der Waals surface area contributed by atoms with Crippen molar-refractivity contribution in [3.05, 3.63) is 35.4 Å². The van der Waals surface area contributed by atoms with Crippen molar-refractivity contribution in [2.75, 3.05) is 0 Å². The van der Waals surface area contributed by atoms with Crippen molar-refractivity contribution in [3.8, 4) is 11.5 Å². The van der Waals surface area contributed by atoms with Gasteiger partial charge >= 0.3 is 13.2 Å². The van der Waals surface area contributed by atoms with Gasteiger partial charge in [-0.25, -0.2) is 0 Å². The first kappa shape index (κ1) is 15.6. The maximum atomic E-state index is 12.1. The molecule has 19 heavy (non-hydrogen) atoms. The number of ether oxygens (including phenoxy) is 2. The molecule has 0 saturated carbocycles. The Morgan fingerprint density at radius 3 is 1.89 bits per heavy atom. The van der Waals surface area contributed by atoms with Crippen molar-refractivity contribution in [1.82, 2.24) is 0 Å². The van der Waals surface area contributed by atoms with E-state index in [-0.39, 0.29) is 11.5 Å². The molecule has 0 heterocycles. The maximum Gasteiger partial charge on any atom is 0.387 e. The van der Waals surface area contributed by atoms with Crippen LogP contribution < -0.4 is 9.47 Å². The van der Waals surface area contributed by atoms with Gasteiger partial charge in [-0.1, -0.05) is 18.2 Å². The van der Waals surface area contributed by atoms with E-state index < -0.39 is 13.2 Å². The third-order valence-corrected chi connectivity index (χ3v) is 2.26. The molecular formula is C12H11ClF4O2. The highest BCUT2D eigenvalue weighted by molar-refractivity contribution is 6.29. The van der Waals surface area contributed by atoms with Crippen molar-refractivity contribution >= 4 is 11.6 Å². The van der Waals surface area contributed by atoms with Crippen molar-refractivity contribution in [2.45, 2.75) is 26.1 Å². The largest absolute Gasteiger partial charge is 0.435 e. The quantitative estimate of drug-likeness (QED) is 0.686. The minimum Gasteiger partial charge on any atom is -0.435 e. The second-order valence-corrected chi connectivity index (χ2v) is 4.12. The van der Waals surface area contributed by atoms with Gasteiger partial charge in [0, 0.05) is 11.1 Å². The molecule has 7 heteroatoms. The zero-order valence-corrected chi connectivity index (χ0v) is 10.5. The topological polar surface area (TPSA) is 18.5 Å². The molecule has 0 atom stereocenters. The predicted molar refractivity (Wildman–Crippen MR) is 63.0 cm³/mol. The third-order valence-electron chi connectivity index (χ3n) is 2.08. The number of hydrogen-bond donors (Lipinski definition) is 0.